The highest BCUT2D eigenvalue weighted by molar-refractivity contribution is 5.97. The van der Waals surface area contributed by atoms with Crippen molar-refractivity contribution >= 4 is 33.6 Å². The Morgan fingerprint density at radius 1 is 1.15 bits per heavy atom. The van der Waals surface area contributed by atoms with Gasteiger partial charge in [0.2, 0.25) is 5.75 Å². The van der Waals surface area contributed by atoms with Gasteiger partial charge in [-0.25, -0.2) is 14.2 Å². The van der Waals surface area contributed by atoms with E-state index in [1.807, 2.05) is 0 Å². The van der Waals surface area contributed by atoms with Crippen LogP contribution >= 0.6 is 0 Å². The van der Waals surface area contributed by atoms with Crippen LogP contribution in [0.1, 0.15) is 10.4 Å². The number of pyridine rings is 1. The molecule has 4 aromatic rings. The Bertz CT molecular complexity index is 1280. The summed E-state index contributed by atoms with van der Waals surface area (Å²) in [5.41, 5.74) is 5.66. The highest BCUT2D eigenvalue weighted by atomic mass is 19.1. The van der Waals surface area contributed by atoms with E-state index in [-0.39, 0.29) is 33.5 Å². The highest BCUT2D eigenvalue weighted by Crippen LogP contribution is 2.33. The number of H-pyrrole nitrogens is 2. The zero-order valence-corrected chi connectivity index (χ0v) is 13.0. The molecule has 2 aromatic heterocycles. The molecule has 0 amide bonds. The van der Waals surface area contributed by atoms with Crippen molar-refractivity contribution < 1.29 is 19.4 Å². The maximum atomic E-state index is 15.0. The van der Waals surface area contributed by atoms with Gasteiger partial charge < -0.3 is 25.9 Å². The maximum Gasteiger partial charge on any atom is 0.335 e. The Hall–Kier alpha value is -3.88. The lowest BCUT2D eigenvalue weighted by Crippen LogP contribution is -2.09. The van der Waals surface area contributed by atoms with Gasteiger partial charge in [-0.2, -0.15) is 0 Å². The second-order valence-corrected chi connectivity index (χ2v) is 5.69. The number of nitrogens with one attached hydrogen (secondary N) is 2. The molecule has 4 rings (SSSR count). The Labute approximate surface area is 143 Å². The molecule has 0 saturated carbocycles. The summed E-state index contributed by atoms with van der Waals surface area (Å²) in [7, 11) is 0. The fourth-order valence-corrected chi connectivity index (χ4v) is 2.82. The first kappa shape index (κ1) is 15.6. The van der Waals surface area contributed by atoms with Crippen LogP contribution in [-0.4, -0.2) is 31.1 Å². The lowest BCUT2D eigenvalue weighted by Gasteiger charge is -2.08. The van der Waals surface area contributed by atoms with Crippen molar-refractivity contribution in [1.82, 2.24) is 15.0 Å². The van der Waals surface area contributed by atoms with Crippen molar-refractivity contribution in [2.45, 2.75) is 0 Å². The van der Waals surface area contributed by atoms with E-state index in [0.29, 0.717) is 11.0 Å². The van der Waals surface area contributed by atoms with Crippen LogP contribution in [-0.2, 0) is 0 Å². The smallest absolute Gasteiger partial charge is 0.335 e. The first-order chi connectivity index (χ1) is 12.4. The third-order valence-corrected chi connectivity index (χ3v) is 4.11. The number of benzene rings is 2. The lowest BCUT2D eigenvalue weighted by atomic mass is 10.1. The Kier molecular flexibility index (Phi) is 3.19. The van der Waals surface area contributed by atoms with E-state index in [2.05, 4.69) is 15.0 Å². The molecule has 8 nitrogen and oxygen atoms in total. The van der Waals surface area contributed by atoms with Crippen molar-refractivity contribution in [3.63, 3.8) is 0 Å². The molecule has 0 aliphatic rings. The molecule has 6 N–H and O–H groups in total. The van der Waals surface area contributed by atoms with E-state index in [1.54, 1.807) is 0 Å². The van der Waals surface area contributed by atoms with Crippen LogP contribution in [0.15, 0.2) is 35.1 Å². The molecule has 0 aliphatic carbocycles. The molecule has 0 atom stereocenters. The number of aromatic amines is 2. The van der Waals surface area contributed by atoms with Crippen molar-refractivity contribution in [3.05, 3.63) is 52.1 Å². The van der Waals surface area contributed by atoms with E-state index in [1.165, 1.54) is 30.3 Å². The van der Waals surface area contributed by atoms with E-state index in [9.17, 15) is 19.1 Å². The number of fused-ring (bicyclic) bond motifs is 2. The zero-order valence-electron chi connectivity index (χ0n) is 13.0. The number of hydrogen-bond acceptors (Lipinski definition) is 5. The second-order valence-electron chi connectivity index (χ2n) is 5.69. The molecule has 0 bridgehead atoms. The van der Waals surface area contributed by atoms with Crippen LogP contribution in [0.5, 0.6) is 5.75 Å². The van der Waals surface area contributed by atoms with Gasteiger partial charge in [-0.15, -0.1) is 0 Å². The predicted octanol–water partition coefficient (Wildman–Crippen LogP) is 2.20. The van der Waals surface area contributed by atoms with E-state index in [4.69, 9.17) is 10.8 Å². The first-order valence-corrected chi connectivity index (χ1v) is 7.43. The first-order valence-electron chi connectivity index (χ1n) is 7.43. The summed E-state index contributed by atoms with van der Waals surface area (Å²) in [6.07, 6.45) is 0. The highest BCUT2D eigenvalue weighted by Gasteiger charge is 2.18. The quantitative estimate of drug-likeness (QED) is 0.373. The standard InChI is InChI=1S/C17H11FN4O4/c18-12-7(2-4-9-11(12)13(19)14(23)16(24)22-9)15-20-8-3-1-6(17(25)26)5-10(8)21-15/h1-5,23H,(H,20,21)(H,25,26)(H3,19,22,24). The van der Waals surface area contributed by atoms with Crippen molar-refractivity contribution in [3.8, 4) is 17.1 Å². The van der Waals surface area contributed by atoms with Crippen molar-refractivity contribution in [2.24, 2.45) is 0 Å². The zero-order chi connectivity index (χ0) is 18.6. The molecule has 0 radical (unpaired) electrons. The van der Waals surface area contributed by atoms with E-state index < -0.39 is 23.1 Å². The third kappa shape index (κ3) is 2.18. The number of rotatable bonds is 2. The van der Waals surface area contributed by atoms with Gasteiger partial charge in [0.15, 0.2) is 0 Å². The number of hydrogen-bond donors (Lipinski definition) is 5. The lowest BCUT2D eigenvalue weighted by molar-refractivity contribution is 0.0697. The number of carbonyl (C=O) groups is 1. The minimum Gasteiger partial charge on any atom is -0.502 e. The molecule has 2 aromatic carbocycles. The number of carboxylic acid groups (broad SMARTS) is 1. The van der Waals surface area contributed by atoms with Crippen molar-refractivity contribution in [2.75, 3.05) is 5.73 Å². The number of aromatic nitrogens is 3. The number of nitrogen functional groups attached to an aromatic ring is 1. The number of carboxylic acids is 1. The summed E-state index contributed by atoms with van der Waals surface area (Å²) >= 11 is 0. The summed E-state index contributed by atoms with van der Waals surface area (Å²) in [5, 5.41) is 18.6. The Balaban J connectivity index is 1.97. The van der Waals surface area contributed by atoms with Gasteiger partial charge >= 0.3 is 5.97 Å². The molecule has 2 heterocycles. The van der Waals surface area contributed by atoms with E-state index >= 15 is 0 Å². The van der Waals surface area contributed by atoms with Crippen molar-refractivity contribution in [1.29, 1.82) is 0 Å². The number of anilines is 1. The summed E-state index contributed by atoms with van der Waals surface area (Å²) < 4.78 is 15.0. The molecule has 26 heavy (non-hydrogen) atoms. The second kappa shape index (κ2) is 5.31. The van der Waals surface area contributed by atoms with Gasteiger partial charge in [0.05, 0.1) is 38.8 Å². The fraction of sp³-hybridized carbons (Fsp3) is 0. The fourth-order valence-electron chi connectivity index (χ4n) is 2.82. The minimum atomic E-state index is -1.09. The van der Waals surface area contributed by atoms with Gasteiger partial charge in [-0.3, -0.25) is 4.79 Å². The minimum absolute atomic E-state index is 0.0590. The summed E-state index contributed by atoms with van der Waals surface area (Å²) in [5.74, 6) is -2.47. The summed E-state index contributed by atoms with van der Waals surface area (Å²) in [6, 6.07) is 7.15. The van der Waals surface area contributed by atoms with Crippen LogP contribution in [0.4, 0.5) is 10.1 Å². The monoisotopic (exact) mass is 354 g/mol. The van der Waals surface area contributed by atoms with Crippen LogP contribution < -0.4 is 11.3 Å². The number of halogens is 1. The molecule has 0 fully saturated rings. The van der Waals surface area contributed by atoms with Crippen LogP contribution in [0.25, 0.3) is 33.3 Å². The summed E-state index contributed by atoms with van der Waals surface area (Å²) in [6.45, 7) is 0. The SMILES string of the molecule is Nc1c(O)c(=O)[nH]c2ccc(-c3nc4ccc(C(=O)O)cc4[nH]3)c(F)c12. The number of imidazole rings is 1. The Morgan fingerprint density at radius 3 is 2.65 bits per heavy atom. The Morgan fingerprint density at radius 2 is 1.92 bits per heavy atom. The number of nitrogens with two attached hydrogens (primary N) is 1. The molecule has 0 unspecified atom stereocenters. The van der Waals surface area contributed by atoms with Gasteiger partial charge in [-0.1, -0.05) is 0 Å². The largest absolute Gasteiger partial charge is 0.502 e. The van der Waals surface area contributed by atoms with Gasteiger partial charge in [0.25, 0.3) is 5.56 Å². The van der Waals surface area contributed by atoms with Gasteiger partial charge in [0, 0.05) is 0 Å². The van der Waals surface area contributed by atoms with E-state index in [0.717, 1.165) is 0 Å². The molecular formula is C17H11FN4O4. The maximum absolute atomic E-state index is 15.0. The van der Waals surface area contributed by atoms with Crippen LogP contribution in [0.3, 0.4) is 0 Å². The summed E-state index contributed by atoms with van der Waals surface area (Å²) in [4.78, 5) is 32.1. The number of aromatic hydroxyl groups is 1. The topological polar surface area (TPSA) is 145 Å². The molecule has 9 heteroatoms. The predicted molar refractivity (Wildman–Crippen MR) is 92.7 cm³/mol. The average molecular weight is 354 g/mol. The molecule has 0 aliphatic heterocycles. The number of aromatic carboxylic acids is 1. The molecular weight excluding hydrogens is 343 g/mol. The molecule has 130 valence electrons. The molecule has 0 spiro atoms. The van der Waals surface area contributed by atoms with Crippen LogP contribution in [0, 0.1) is 5.82 Å². The van der Waals surface area contributed by atoms with Gasteiger partial charge in [-0.05, 0) is 30.3 Å². The average Bonchev–Trinajstić information content (AvgIpc) is 3.02. The number of nitrogens with zero attached hydrogens (tertiary/aromatic N) is 1. The third-order valence-electron chi connectivity index (χ3n) is 4.11. The van der Waals surface area contributed by atoms with Crippen LogP contribution in [0.2, 0.25) is 0 Å². The molecule has 0 saturated heterocycles. The normalized spacial score (nSPS) is 11.3. The van der Waals surface area contributed by atoms with Gasteiger partial charge in [0.1, 0.15) is 11.6 Å².